The Labute approximate surface area is 111 Å². The summed E-state index contributed by atoms with van der Waals surface area (Å²) >= 11 is 0. The van der Waals surface area contributed by atoms with Crippen LogP contribution in [-0.4, -0.2) is 18.9 Å². The largest absolute Gasteiger partial charge is 0.319 e. The highest BCUT2D eigenvalue weighted by molar-refractivity contribution is 5.38. The van der Waals surface area contributed by atoms with Crippen molar-refractivity contribution in [1.82, 2.24) is 5.32 Å². The van der Waals surface area contributed by atoms with Gasteiger partial charge in [0.15, 0.2) is 0 Å². The number of halogens is 4. The first-order valence-electron chi connectivity index (χ1n) is 6.12. The number of aryl methyl sites for hydroxylation is 3. The standard InChI is InChI=1S/C14H19F4N/c1-8-5-10(3)12(6-9(8)2)11(4)19-7-14(17,18)13(15)16/h5-6,11,13,19H,7H2,1-4H3. The third-order valence-electron chi connectivity index (χ3n) is 3.31. The number of hydrogen-bond donors (Lipinski definition) is 1. The van der Waals surface area contributed by atoms with Gasteiger partial charge in [0.25, 0.3) is 0 Å². The maximum absolute atomic E-state index is 12.9. The van der Waals surface area contributed by atoms with E-state index in [0.717, 1.165) is 22.3 Å². The van der Waals surface area contributed by atoms with Crippen molar-refractivity contribution in [3.05, 3.63) is 34.4 Å². The molecule has 0 bridgehead atoms. The summed E-state index contributed by atoms with van der Waals surface area (Å²) in [6.07, 6.45) is -3.65. The lowest BCUT2D eigenvalue weighted by molar-refractivity contribution is -0.126. The summed E-state index contributed by atoms with van der Waals surface area (Å²) in [6.45, 7) is 6.44. The summed E-state index contributed by atoms with van der Waals surface area (Å²) in [5.41, 5.74) is 3.98. The second-order valence-corrected chi connectivity index (χ2v) is 4.96. The highest BCUT2D eigenvalue weighted by atomic mass is 19.3. The van der Waals surface area contributed by atoms with Crippen LogP contribution in [0.25, 0.3) is 0 Å². The number of alkyl halides is 4. The van der Waals surface area contributed by atoms with Gasteiger partial charge in [-0.25, -0.2) is 8.78 Å². The van der Waals surface area contributed by atoms with Crippen molar-refractivity contribution >= 4 is 0 Å². The summed E-state index contributed by atoms with van der Waals surface area (Å²) in [5, 5.41) is 2.48. The minimum atomic E-state index is -4.00. The van der Waals surface area contributed by atoms with Crippen LogP contribution < -0.4 is 5.32 Å². The third-order valence-corrected chi connectivity index (χ3v) is 3.31. The molecule has 0 amide bonds. The van der Waals surface area contributed by atoms with Gasteiger partial charge in [-0.05, 0) is 49.9 Å². The topological polar surface area (TPSA) is 12.0 Å². The summed E-state index contributed by atoms with van der Waals surface area (Å²) < 4.78 is 49.9. The van der Waals surface area contributed by atoms with E-state index in [1.807, 2.05) is 32.9 Å². The van der Waals surface area contributed by atoms with Crippen molar-refractivity contribution in [1.29, 1.82) is 0 Å². The average Bonchev–Trinajstić information content (AvgIpc) is 2.30. The van der Waals surface area contributed by atoms with Crippen LogP contribution in [0.4, 0.5) is 17.6 Å². The van der Waals surface area contributed by atoms with Gasteiger partial charge in [-0.1, -0.05) is 12.1 Å². The lowest BCUT2D eigenvalue weighted by atomic mass is 9.96. The van der Waals surface area contributed by atoms with Crippen LogP contribution in [0.2, 0.25) is 0 Å². The molecule has 0 spiro atoms. The van der Waals surface area contributed by atoms with Crippen molar-refractivity contribution in [3.8, 4) is 0 Å². The molecule has 1 atom stereocenters. The quantitative estimate of drug-likeness (QED) is 0.797. The molecular formula is C14H19F4N. The lowest BCUT2D eigenvalue weighted by Gasteiger charge is -2.22. The van der Waals surface area contributed by atoms with Crippen LogP contribution in [0.5, 0.6) is 0 Å². The van der Waals surface area contributed by atoms with Gasteiger partial charge >= 0.3 is 12.3 Å². The molecule has 1 aromatic carbocycles. The van der Waals surface area contributed by atoms with Gasteiger partial charge in [-0.3, -0.25) is 0 Å². The number of rotatable bonds is 5. The molecule has 0 aliphatic carbocycles. The summed E-state index contributed by atoms with van der Waals surface area (Å²) in [4.78, 5) is 0. The van der Waals surface area contributed by atoms with E-state index in [1.54, 1.807) is 6.92 Å². The Morgan fingerprint density at radius 1 is 1.05 bits per heavy atom. The highest BCUT2D eigenvalue weighted by Crippen LogP contribution is 2.25. The first-order chi connectivity index (χ1) is 8.65. The van der Waals surface area contributed by atoms with Gasteiger partial charge in [0.05, 0.1) is 6.54 Å². The van der Waals surface area contributed by atoms with Crippen molar-refractivity contribution in [2.75, 3.05) is 6.54 Å². The molecule has 0 aliphatic heterocycles. The van der Waals surface area contributed by atoms with Crippen LogP contribution in [0.1, 0.15) is 35.2 Å². The Kier molecular flexibility index (Phi) is 4.96. The number of nitrogens with one attached hydrogen (secondary N) is 1. The molecule has 0 aliphatic rings. The first-order valence-corrected chi connectivity index (χ1v) is 6.12. The molecule has 1 aromatic rings. The van der Waals surface area contributed by atoms with Gasteiger partial charge in [-0.2, -0.15) is 8.78 Å². The molecule has 1 rings (SSSR count). The molecule has 1 nitrogen and oxygen atoms in total. The smallest absolute Gasteiger partial charge is 0.304 e. The zero-order chi connectivity index (χ0) is 14.8. The van der Waals surface area contributed by atoms with E-state index in [4.69, 9.17) is 0 Å². The fraction of sp³-hybridized carbons (Fsp3) is 0.571. The van der Waals surface area contributed by atoms with E-state index in [1.165, 1.54) is 0 Å². The minimum Gasteiger partial charge on any atom is -0.304 e. The van der Waals surface area contributed by atoms with Crippen LogP contribution in [-0.2, 0) is 0 Å². The second kappa shape index (κ2) is 5.90. The van der Waals surface area contributed by atoms with Gasteiger partial charge in [-0.15, -0.1) is 0 Å². The molecule has 0 radical (unpaired) electrons. The predicted molar refractivity (Wildman–Crippen MR) is 68.0 cm³/mol. The van der Waals surface area contributed by atoms with Gasteiger partial charge in [0.1, 0.15) is 0 Å². The molecule has 108 valence electrons. The molecule has 0 heterocycles. The Morgan fingerprint density at radius 2 is 1.58 bits per heavy atom. The first kappa shape index (κ1) is 16.0. The normalized spacial score (nSPS) is 13.9. The maximum Gasteiger partial charge on any atom is 0.319 e. The van der Waals surface area contributed by atoms with Crippen molar-refractivity contribution in [3.63, 3.8) is 0 Å². The summed E-state index contributed by atoms with van der Waals surface area (Å²) in [5.74, 6) is -4.00. The molecule has 0 saturated heterocycles. The molecule has 0 saturated carbocycles. The van der Waals surface area contributed by atoms with E-state index in [2.05, 4.69) is 5.32 Å². The van der Waals surface area contributed by atoms with Gasteiger partial charge in [0, 0.05) is 6.04 Å². The molecule has 19 heavy (non-hydrogen) atoms. The second-order valence-electron chi connectivity index (χ2n) is 4.96. The fourth-order valence-electron chi connectivity index (χ4n) is 1.93. The van der Waals surface area contributed by atoms with Crippen molar-refractivity contribution < 1.29 is 17.6 Å². The van der Waals surface area contributed by atoms with E-state index in [0.29, 0.717) is 0 Å². The van der Waals surface area contributed by atoms with Gasteiger partial charge < -0.3 is 5.32 Å². The Bertz CT molecular complexity index is 443. The van der Waals surface area contributed by atoms with Crippen LogP contribution in [0, 0.1) is 20.8 Å². The van der Waals surface area contributed by atoms with Crippen molar-refractivity contribution in [2.45, 2.75) is 46.1 Å². The summed E-state index contributed by atoms with van der Waals surface area (Å²) in [6, 6.07) is 3.47. The fourth-order valence-corrected chi connectivity index (χ4v) is 1.93. The van der Waals surface area contributed by atoms with E-state index < -0.39 is 24.9 Å². The van der Waals surface area contributed by atoms with E-state index >= 15 is 0 Å². The molecule has 1 N–H and O–H groups in total. The number of hydrogen-bond acceptors (Lipinski definition) is 1. The van der Waals surface area contributed by atoms with Gasteiger partial charge in [0.2, 0.25) is 0 Å². The minimum absolute atomic E-state index is 0.399. The Hall–Kier alpha value is -1.10. The molecular weight excluding hydrogens is 258 g/mol. The monoisotopic (exact) mass is 277 g/mol. The predicted octanol–water partition coefficient (Wildman–Crippen LogP) is 4.16. The molecule has 5 heteroatoms. The average molecular weight is 277 g/mol. The highest BCUT2D eigenvalue weighted by Gasteiger charge is 2.40. The van der Waals surface area contributed by atoms with Crippen LogP contribution in [0.15, 0.2) is 12.1 Å². The Balaban J connectivity index is 2.79. The maximum atomic E-state index is 12.9. The zero-order valence-electron chi connectivity index (χ0n) is 11.5. The molecule has 0 aromatic heterocycles. The van der Waals surface area contributed by atoms with Crippen molar-refractivity contribution in [2.24, 2.45) is 0 Å². The number of benzene rings is 1. The zero-order valence-corrected chi connectivity index (χ0v) is 11.5. The molecule has 0 fully saturated rings. The van der Waals surface area contributed by atoms with E-state index in [-0.39, 0.29) is 0 Å². The van der Waals surface area contributed by atoms with Crippen LogP contribution >= 0.6 is 0 Å². The van der Waals surface area contributed by atoms with Crippen LogP contribution in [0.3, 0.4) is 0 Å². The Morgan fingerprint density at radius 3 is 2.11 bits per heavy atom. The SMILES string of the molecule is Cc1cc(C)c(C(C)NCC(F)(F)C(F)F)cc1C. The van der Waals surface area contributed by atoms with E-state index in [9.17, 15) is 17.6 Å². The lowest BCUT2D eigenvalue weighted by Crippen LogP contribution is -2.39. The third kappa shape index (κ3) is 3.93. The summed E-state index contributed by atoms with van der Waals surface area (Å²) in [7, 11) is 0. The molecule has 1 unspecified atom stereocenters.